The van der Waals surface area contributed by atoms with Crippen LogP contribution in [0.25, 0.3) is 16.8 Å². The van der Waals surface area contributed by atoms with E-state index in [1.807, 2.05) is 28.9 Å². The summed E-state index contributed by atoms with van der Waals surface area (Å²) in [6.07, 6.45) is 1.93. The summed E-state index contributed by atoms with van der Waals surface area (Å²) < 4.78 is 1.83. The molecule has 0 atom stereocenters. The van der Waals surface area contributed by atoms with Crippen LogP contribution in [-0.4, -0.2) is 14.6 Å². The van der Waals surface area contributed by atoms with Crippen molar-refractivity contribution in [2.75, 3.05) is 5.32 Å². The Balaban J connectivity index is 1.79. The van der Waals surface area contributed by atoms with Gasteiger partial charge in [0.15, 0.2) is 5.65 Å². The van der Waals surface area contributed by atoms with Gasteiger partial charge in [-0.25, -0.2) is 4.52 Å². The van der Waals surface area contributed by atoms with Crippen LogP contribution in [0.4, 0.5) is 11.6 Å². The Morgan fingerprint density at radius 3 is 2.35 bits per heavy atom. The average Bonchev–Trinajstić information content (AvgIpc) is 3.04. The highest BCUT2D eigenvalue weighted by Crippen LogP contribution is 2.30. The number of benzene rings is 2. The number of anilines is 2. The molecule has 0 radical (unpaired) electrons. The molecule has 0 aliphatic carbocycles. The van der Waals surface area contributed by atoms with E-state index in [1.165, 1.54) is 27.8 Å². The summed E-state index contributed by atoms with van der Waals surface area (Å²) >= 11 is 0. The molecular formula is C22H22N4. The molecule has 4 rings (SSSR count). The first-order valence-electron chi connectivity index (χ1n) is 8.79. The van der Waals surface area contributed by atoms with Gasteiger partial charge >= 0.3 is 0 Å². The fraction of sp³-hybridized carbons (Fsp3) is 0.182. The third-order valence-corrected chi connectivity index (χ3v) is 5.02. The Kier molecular flexibility index (Phi) is 3.96. The van der Waals surface area contributed by atoms with Crippen molar-refractivity contribution in [2.24, 2.45) is 0 Å². The fourth-order valence-electron chi connectivity index (χ4n) is 3.18. The van der Waals surface area contributed by atoms with Crippen LogP contribution < -0.4 is 5.32 Å². The zero-order chi connectivity index (χ0) is 18.3. The largest absolute Gasteiger partial charge is 0.323 e. The molecule has 2 aromatic heterocycles. The second-order valence-electron chi connectivity index (χ2n) is 6.80. The van der Waals surface area contributed by atoms with Crippen molar-refractivity contribution in [1.29, 1.82) is 0 Å². The summed E-state index contributed by atoms with van der Waals surface area (Å²) in [5.74, 6) is 0.600. The third kappa shape index (κ3) is 2.84. The van der Waals surface area contributed by atoms with Gasteiger partial charge in [-0.2, -0.15) is 4.98 Å². The molecule has 4 heteroatoms. The van der Waals surface area contributed by atoms with E-state index in [0.29, 0.717) is 5.95 Å². The molecule has 0 amide bonds. The standard InChI is InChI=1S/C22H22N4/c1-14-7-10-18(11-8-14)23-22-24-21-20(6-5-13-26(21)25-22)19-12-9-15(2)16(3)17(19)4/h5-13H,1-4H3,(H,23,25). The monoisotopic (exact) mass is 342 g/mol. The minimum atomic E-state index is 0.600. The molecule has 0 aliphatic rings. The number of pyridine rings is 1. The van der Waals surface area contributed by atoms with Gasteiger partial charge in [0.25, 0.3) is 0 Å². The Bertz CT molecular complexity index is 1090. The lowest BCUT2D eigenvalue weighted by molar-refractivity contribution is 0.966. The minimum Gasteiger partial charge on any atom is -0.323 e. The van der Waals surface area contributed by atoms with E-state index < -0.39 is 0 Å². The highest BCUT2D eigenvalue weighted by molar-refractivity contribution is 5.81. The van der Waals surface area contributed by atoms with Gasteiger partial charge in [0.05, 0.1) is 0 Å². The number of hydrogen-bond acceptors (Lipinski definition) is 3. The first kappa shape index (κ1) is 16.3. The van der Waals surface area contributed by atoms with Crippen molar-refractivity contribution in [3.05, 3.63) is 77.0 Å². The molecule has 0 saturated carbocycles. The number of rotatable bonds is 3. The van der Waals surface area contributed by atoms with Gasteiger partial charge in [0.2, 0.25) is 5.95 Å². The molecule has 130 valence electrons. The highest BCUT2D eigenvalue weighted by atomic mass is 15.3. The van der Waals surface area contributed by atoms with E-state index in [4.69, 9.17) is 4.98 Å². The summed E-state index contributed by atoms with van der Waals surface area (Å²) in [6, 6.07) is 16.7. The number of nitrogens with one attached hydrogen (secondary N) is 1. The van der Waals surface area contributed by atoms with E-state index in [9.17, 15) is 0 Å². The van der Waals surface area contributed by atoms with Crippen LogP contribution in [0, 0.1) is 27.7 Å². The van der Waals surface area contributed by atoms with Crippen molar-refractivity contribution in [3.63, 3.8) is 0 Å². The number of fused-ring (bicyclic) bond motifs is 1. The number of nitrogens with zero attached hydrogens (tertiary/aromatic N) is 3. The molecule has 0 saturated heterocycles. The first-order valence-corrected chi connectivity index (χ1v) is 8.79. The molecule has 4 nitrogen and oxygen atoms in total. The topological polar surface area (TPSA) is 42.2 Å². The van der Waals surface area contributed by atoms with Gasteiger partial charge in [0.1, 0.15) is 0 Å². The van der Waals surface area contributed by atoms with Crippen LogP contribution in [0.5, 0.6) is 0 Å². The predicted molar refractivity (Wildman–Crippen MR) is 107 cm³/mol. The molecule has 0 spiro atoms. The van der Waals surface area contributed by atoms with E-state index >= 15 is 0 Å². The van der Waals surface area contributed by atoms with Crippen molar-refractivity contribution >= 4 is 17.3 Å². The Hall–Kier alpha value is -3.14. The van der Waals surface area contributed by atoms with Crippen LogP contribution >= 0.6 is 0 Å². The first-order chi connectivity index (χ1) is 12.5. The van der Waals surface area contributed by atoms with Crippen LogP contribution in [0.15, 0.2) is 54.7 Å². The lowest BCUT2D eigenvalue weighted by Gasteiger charge is -2.11. The molecule has 0 bridgehead atoms. The quantitative estimate of drug-likeness (QED) is 0.544. The van der Waals surface area contributed by atoms with Crippen LogP contribution in [0.3, 0.4) is 0 Å². The van der Waals surface area contributed by atoms with Crippen LogP contribution in [0.1, 0.15) is 22.3 Å². The molecule has 2 heterocycles. The molecule has 26 heavy (non-hydrogen) atoms. The van der Waals surface area contributed by atoms with E-state index in [1.54, 1.807) is 0 Å². The molecule has 4 aromatic rings. The van der Waals surface area contributed by atoms with Gasteiger partial charge in [0, 0.05) is 17.4 Å². The Morgan fingerprint density at radius 1 is 0.808 bits per heavy atom. The molecule has 2 aromatic carbocycles. The minimum absolute atomic E-state index is 0.600. The molecule has 1 N–H and O–H groups in total. The van der Waals surface area contributed by atoms with Crippen LogP contribution in [0.2, 0.25) is 0 Å². The molecule has 0 fully saturated rings. The second-order valence-corrected chi connectivity index (χ2v) is 6.80. The fourth-order valence-corrected chi connectivity index (χ4v) is 3.18. The normalized spacial score (nSPS) is 11.1. The molecule has 0 aliphatic heterocycles. The number of hydrogen-bond donors (Lipinski definition) is 1. The Labute approximate surface area is 153 Å². The summed E-state index contributed by atoms with van der Waals surface area (Å²) in [7, 11) is 0. The van der Waals surface area contributed by atoms with Crippen molar-refractivity contribution in [1.82, 2.24) is 14.6 Å². The Morgan fingerprint density at radius 2 is 1.58 bits per heavy atom. The molecular weight excluding hydrogens is 320 g/mol. The van der Waals surface area contributed by atoms with E-state index in [-0.39, 0.29) is 0 Å². The van der Waals surface area contributed by atoms with Gasteiger partial charge in [-0.05, 0) is 74.2 Å². The maximum Gasteiger partial charge on any atom is 0.247 e. The number of aryl methyl sites for hydroxylation is 2. The van der Waals surface area contributed by atoms with Gasteiger partial charge in [-0.15, -0.1) is 5.10 Å². The maximum absolute atomic E-state index is 4.74. The van der Waals surface area contributed by atoms with E-state index in [2.05, 4.69) is 68.4 Å². The summed E-state index contributed by atoms with van der Waals surface area (Å²) in [6.45, 7) is 8.56. The smallest absolute Gasteiger partial charge is 0.247 e. The maximum atomic E-state index is 4.74. The lowest BCUT2D eigenvalue weighted by Crippen LogP contribution is -1.94. The second kappa shape index (κ2) is 6.30. The van der Waals surface area contributed by atoms with E-state index in [0.717, 1.165) is 16.9 Å². The van der Waals surface area contributed by atoms with Crippen molar-refractivity contribution < 1.29 is 0 Å². The summed E-state index contributed by atoms with van der Waals surface area (Å²) in [5.41, 5.74) is 9.28. The predicted octanol–water partition coefficient (Wildman–Crippen LogP) is 5.37. The van der Waals surface area contributed by atoms with Crippen LogP contribution in [-0.2, 0) is 0 Å². The van der Waals surface area contributed by atoms with Crippen molar-refractivity contribution in [3.8, 4) is 11.1 Å². The number of aromatic nitrogens is 3. The third-order valence-electron chi connectivity index (χ3n) is 5.02. The highest BCUT2D eigenvalue weighted by Gasteiger charge is 2.13. The lowest BCUT2D eigenvalue weighted by atomic mass is 9.95. The zero-order valence-electron chi connectivity index (χ0n) is 15.5. The van der Waals surface area contributed by atoms with Gasteiger partial charge in [-0.1, -0.05) is 29.8 Å². The average molecular weight is 342 g/mol. The molecule has 0 unspecified atom stereocenters. The SMILES string of the molecule is Cc1ccc(Nc2nc3c(-c4ccc(C)c(C)c4C)cccn3n2)cc1. The van der Waals surface area contributed by atoms with Gasteiger partial charge in [-0.3, -0.25) is 0 Å². The van der Waals surface area contributed by atoms with Gasteiger partial charge < -0.3 is 5.32 Å². The van der Waals surface area contributed by atoms with Crippen molar-refractivity contribution in [2.45, 2.75) is 27.7 Å². The zero-order valence-corrected chi connectivity index (χ0v) is 15.5. The summed E-state index contributed by atoms with van der Waals surface area (Å²) in [4.78, 5) is 4.74. The summed E-state index contributed by atoms with van der Waals surface area (Å²) in [5, 5.41) is 7.87.